The smallest absolute Gasteiger partial charge is 0.332 e. The third kappa shape index (κ3) is 2.68. The van der Waals surface area contributed by atoms with E-state index in [2.05, 4.69) is 0 Å². The maximum absolute atomic E-state index is 12.2. The molecule has 20 heavy (non-hydrogen) atoms. The van der Waals surface area contributed by atoms with Crippen LogP contribution in [0.1, 0.15) is 5.56 Å². The Morgan fingerprint density at radius 2 is 1.80 bits per heavy atom. The van der Waals surface area contributed by atoms with Crippen LogP contribution in [-0.2, 0) is 21.0 Å². The van der Waals surface area contributed by atoms with Crippen LogP contribution in [-0.4, -0.2) is 28.4 Å². The molecule has 2 saturated heterocycles. The molecule has 1 amide bonds. The van der Waals surface area contributed by atoms with Gasteiger partial charge < -0.3 is 4.84 Å². The fraction of sp³-hybridized carbons (Fsp3) is 0.231. The summed E-state index contributed by atoms with van der Waals surface area (Å²) in [5, 5.41) is 1.73. The Labute approximate surface area is 129 Å². The average molecular weight is 328 g/mol. The third-order valence-corrected chi connectivity index (χ3v) is 5.80. The summed E-state index contributed by atoms with van der Waals surface area (Å²) in [4.78, 5) is 29.1. The first kappa shape index (κ1) is 13.9. The first-order valence-corrected chi connectivity index (χ1v) is 8.28. The second kappa shape index (κ2) is 5.71. The van der Waals surface area contributed by atoms with Gasteiger partial charge in [-0.3, -0.25) is 4.79 Å². The van der Waals surface area contributed by atoms with Crippen molar-refractivity contribution in [3.05, 3.63) is 44.7 Å². The molecule has 0 bridgehead atoms. The molecule has 7 heteroatoms. The number of hydrogen-bond acceptors (Lipinski definition) is 5. The van der Waals surface area contributed by atoms with Gasteiger partial charge in [-0.25, -0.2) is 4.79 Å². The minimum Gasteiger partial charge on any atom is -0.332 e. The number of carbonyl (C=O) groups excluding carboxylic acids is 2. The minimum atomic E-state index is -0.555. The summed E-state index contributed by atoms with van der Waals surface area (Å²) in [7, 11) is 0. The van der Waals surface area contributed by atoms with Crippen LogP contribution in [0.15, 0.2) is 34.1 Å². The summed E-state index contributed by atoms with van der Waals surface area (Å²) < 4.78 is 0.776. The van der Waals surface area contributed by atoms with Gasteiger partial charge in [0.05, 0.1) is 10.8 Å². The summed E-state index contributed by atoms with van der Waals surface area (Å²) in [6.07, 6.45) is 0. The van der Waals surface area contributed by atoms with E-state index in [4.69, 9.17) is 16.4 Å². The van der Waals surface area contributed by atoms with Gasteiger partial charge >= 0.3 is 5.97 Å². The summed E-state index contributed by atoms with van der Waals surface area (Å²) in [5.74, 6) is 0.922. The number of nitrogens with zero attached hydrogens (tertiary/aromatic N) is 1. The number of benzene rings is 1. The van der Waals surface area contributed by atoms with Gasteiger partial charge in [0.25, 0.3) is 5.91 Å². The topological polar surface area (TPSA) is 46.6 Å². The second-order valence-electron chi connectivity index (χ2n) is 4.21. The van der Waals surface area contributed by atoms with E-state index in [-0.39, 0.29) is 18.0 Å². The Morgan fingerprint density at radius 1 is 1.15 bits per heavy atom. The van der Waals surface area contributed by atoms with E-state index in [0.29, 0.717) is 5.02 Å². The predicted molar refractivity (Wildman–Crippen MR) is 80.0 cm³/mol. The van der Waals surface area contributed by atoms with Gasteiger partial charge in [-0.1, -0.05) is 23.7 Å². The number of hydrogen-bond donors (Lipinski definition) is 0. The Kier molecular flexibility index (Phi) is 3.96. The molecular formula is C13H10ClNO3S2. The molecule has 0 spiro atoms. The zero-order valence-electron chi connectivity index (χ0n) is 10.3. The summed E-state index contributed by atoms with van der Waals surface area (Å²) in [6, 6.07) is 7.07. The highest BCUT2D eigenvalue weighted by Crippen LogP contribution is 2.41. The summed E-state index contributed by atoms with van der Waals surface area (Å²) in [5.41, 5.74) is 1.03. The van der Waals surface area contributed by atoms with Crippen molar-refractivity contribution in [3.8, 4) is 0 Å². The molecule has 0 aliphatic carbocycles. The van der Waals surface area contributed by atoms with E-state index in [1.807, 2.05) is 0 Å². The van der Waals surface area contributed by atoms with Crippen LogP contribution in [0.2, 0.25) is 5.02 Å². The fourth-order valence-corrected chi connectivity index (χ4v) is 4.51. The van der Waals surface area contributed by atoms with Gasteiger partial charge in [0.1, 0.15) is 5.57 Å². The standard InChI is InChI=1S/C13H10ClNO3S2/c14-9-3-1-8(2-4-9)7-15-11(16)10(12(17)18-15)13-19-5-6-20-13/h1-4H,5-7H2. The van der Waals surface area contributed by atoms with Crippen LogP contribution in [0.4, 0.5) is 0 Å². The van der Waals surface area contributed by atoms with Crippen LogP contribution in [0, 0.1) is 0 Å². The Balaban J connectivity index is 1.79. The molecule has 4 nitrogen and oxygen atoms in total. The molecule has 0 aromatic heterocycles. The predicted octanol–water partition coefficient (Wildman–Crippen LogP) is 2.83. The highest BCUT2D eigenvalue weighted by atomic mass is 35.5. The molecule has 0 radical (unpaired) electrons. The number of amides is 1. The average Bonchev–Trinajstić information content (AvgIpc) is 3.02. The highest BCUT2D eigenvalue weighted by molar-refractivity contribution is 8.25. The Morgan fingerprint density at radius 3 is 2.45 bits per heavy atom. The molecule has 3 rings (SSSR count). The van der Waals surface area contributed by atoms with E-state index in [9.17, 15) is 9.59 Å². The van der Waals surface area contributed by atoms with Crippen LogP contribution < -0.4 is 0 Å². The van der Waals surface area contributed by atoms with Crippen LogP contribution in [0.3, 0.4) is 0 Å². The molecule has 0 unspecified atom stereocenters. The first-order valence-electron chi connectivity index (χ1n) is 5.93. The molecule has 1 aromatic carbocycles. The Hall–Kier alpha value is -1.11. The molecule has 2 aliphatic heterocycles. The summed E-state index contributed by atoms with van der Waals surface area (Å²) in [6.45, 7) is 0.230. The van der Waals surface area contributed by atoms with Crippen molar-refractivity contribution < 1.29 is 14.4 Å². The third-order valence-electron chi connectivity index (χ3n) is 2.83. The van der Waals surface area contributed by atoms with E-state index in [1.165, 1.54) is 23.5 Å². The van der Waals surface area contributed by atoms with Gasteiger partial charge in [0.15, 0.2) is 0 Å². The van der Waals surface area contributed by atoms with Crippen LogP contribution in [0.5, 0.6) is 0 Å². The minimum absolute atomic E-state index is 0.173. The lowest BCUT2D eigenvalue weighted by atomic mass is 10.2. The van der Waals surface area contributed by atoms with Crippen molar-refractivity contribution >= 4 is 47.0 Å². The van der Waals surface area contributed by atoms with Crippen molar-refractivity contribution in [3.63, 3.8) is 0 Å². The van der Waals surface area contributed by atoms with Crippen LogP contribution in [0.25, 0.3) is 0 Å². The van der Waals surface area contributed by atoms with Crippen molar-refractivity contribution in [1.29, 1.82) is 0 Å². The lowest BCUT2D eigenvalue weighted by Gasteiger charge is -2.12. The monoisotopic (exact) mass is 327 g/mol. The summed E-state index contributed by atoms with van der Waals surface area (Å²) >= 11 is 8.88. The quantitative estimate of drug-likeness (QED) is 0.617. The van der Waals surface area contributed by atoms with Crippen molar-refractivity contribution in [2.75, 3.05) is 11.5 Å². The van der Waals surface area contributed by atoms with Gasteiger partial charge in [-0.05, 0) is 17.7 Å². The van der Waals surface area contributed by atoms with Crippen LogP contribution >= 0.6 is 35.1 Å². The van der Waals surface area contributed by atoms with Gasteiger partial charge in [-0.2, -0.15) is 5.06 Å². The maximum Gasteiger partial charge on any atom is 0.370 e. The number of hydroxylamine groups is 2. The molecule has 0 saturated carbocycles. The van der Waals surface area contributed by atoms with Gasteiger partial charge in [-0.15, -0.1) is 23.5 Å². The fourth-order valence-electron chi connectivity index (χ4n) is 1.88. The zero-order valence-corrected chi connectivity index (χ0v) is 12.7. The van der Waals surface area contributed by atoms with E-state index in [1.54, 1.807) is 24.3 Å². The molecule has 0 N–H and O–H groups in total. The largest absolute Gasteiger partial charge is 0.370 e. The molecule has 104 valence electrons. The second-order valence-corrected chi connectivity index (χ2v) is 7.11. The first-order chi connectivity index (χ1) is 9.65. The molecule has 0 atom stereocenters. The highest BCUT2D eigenvalue weighted by Gasteiger charge is 2.40. The number of thioether (sulfide) groups is 2. The molecule has 1 aromatic rings. The molecular weight excluding hydrogens is 318 g/mol. The van der Waals surface area contributed by atoms with E-state index in [0.717, 1.165) is 26.4 Å². The van der Waals surface area contributed by atoms with Gasteiger partial charge in [0.2, 0.25) is 0 Å². The lowest BCUT2D eigenvalue weighted by molar-refractivity contribution is -0.180. The Bertz CT molecular complexity index is 592. The van der Waals surface area contributed by atoms with E-state index >= 15 is 0 Å². The number of halogens is 1. The number of carbonyl (C=O) groups is 2. The molecule has 2 heterocycles. The SMILES string of the molecule is O=C1ON(Cc2ccc(Cl)cc2)C(=O)C1=C1SCCS1. The number of rotatable bonds is 2. The maximum atomic E-state index is 12.2. The van der Waals surface area contributed by atoms with Crippen molar-refractivity contribution in [2.45, 2.75) is 6.54 Å². The van der Waals surface area contributed by atoms with E-state index < -0.39 is 5.97 Å². The molecule has 2 fully saturated rings. The lowest BCUT2D eigenvalue weighted by Crippen LogP contribution is -2.23. The molecule has 2 aliphatic rings. The van der Waals surface area contributed by atoms with Gasteiger partial charge in [0, 0.05) is 16.5 Å². The van der Waals surface area contributed by atoms with Crippen molar-refractivity contribution in [2.24, 2.45) is 0 Å². The van der Waals surface area contributed by atoms with Crippen molar-refractivity contribution in [1.82, 2.24) is 5.06 Å². The normalized spacial score (nSPS) is 18.9. The zero-order chi connectivity index (χ0) is 14.1.